The second-order valence-corrected chi connectivity index (χ2v) is 8.69. The Kier molecular flexibility index (Phi) is 6.68. The number of halogens is 4. The minimum Gasteiger partial charge on any atom is -0.406 e. The number of hydrazone groups is 1. The third kappa shape index (κ3) is 5.65. The Morgan fingerprint density at radius 3 is 2.57 bits per heavy atom. The van der Waals surface area contributed by atoms with E-state index in [2.05, 4.69) is 25.6 Å². The molecule has 0 saturated carbocycles. The van der Waals surface area contributed by atoms with Gasteiger partial charge in [0.15, 0.2) is 5.11 Å². The molecule has 0 aliphatic heterocycles. The topological polar surface area (TPSA) is 63.5 Å². The molecule has 0 bridgehead atoms. The van der Waals surface area contributed by atoms with Crippen LogP contribution in [0.15, 0.2) is 90.3 Å². The van der Waals surface area contributed by atoms with Crippen molar-refractivity contribution in [2.45, 2.75) is 6.36 Å². The van der Waals surface area contributed by atoms with Gasteiger partial charge in [0.05, 0.1) is 28.0 Å². The van der Waals surface area contributed by atoms with Gasteiger partial charge in [-0.2, -0.15) is 5.10 Å². The maximum atomic E-state index is 12.4. The number of alkyl halides is 3. The van der Waals surface area contributed by atoms with Gasteiger partial charge in [-0.1, -0.05) is 41.9 Å². The Morgan fingerprint density at radius 2 is 1.81 bits per heavy atom. The Bertz CT molecular complexity index is 1630. The number of imidazole rings is 1. The van der Waals surface area contributed by atoms with Crippen LogP contribution in [0.25, 0.3) is 27.5 Å². The fourth-order valence-electron chi connectivity index (χ4n) is 3.80. The van der Waals surface area contributed by atoms with Crippen LogP contribution in [-0.4, -0.2) is 27.2 Å². The summed E-state index contributed by atoms with van der Waals surface area (Å²) in [4.78, 5) is 4.54. The Morgan fingerprint density at radius 1 is 1.03 bits per heavy atom. The van der Waals surface area contributed by atoms with Crippen LogP contribution in [0.3, 0.4) is 0 Å². The van der Waals surface area contributed by atoms with Gasteiger partial charge in [0.2, 0.25) is 0 Å². The van der Waals surface area contributed by atoms with Crippen LogP contribution in [-0.2, 0) is 0 Å². The van der Waals surface area contributed by atoms with Gasteiger partial charge in [-0.3, -0.25) is 9.99 Å². The van der Waals surface area contributed by atoms with E-state index < -0.39 is 6.36 Å². The number of aromatic nitrogens is 2. The summed E-state index contributed by atoms with van der Waals surface area (Å²) < 4.78 is 43.1. The molecule has 186 valence electrons. The summed E-state index contributed by atoms with van der Waals surface area (Å²) in [5.41, 5.74) is 6.53. The SMILES string of the molecule is FC(F)(F)Oc1ccc(-n2cnc3c4ccc(/C=N/NC(=S)Nc5ccccc5Cl)cc4ccc32)cc1. The number of nitrogens with one attached hydrogen (secondary N) is 2. The normalized spacial score (nSPS) is 11.8. The van der Waals surface area contributed by atoms with E-state index in [1.54, 1.807) is 35.3 Å². The van der Waals surface area contributed by atoms with Crippen LogP contribution < -0.4 is 15.5 Å². The monoisotopic (exact) mass is 539 g/mol. The van der Waals surface area contributed by atoms with Crippen LogP contribution >= 0.6 is 23.8 Å². The first kappa shape index (κ1) is 24.5. The number of ether oxygens (including phenoxy) is 1. The molecule has 0 saturated heterocycles. The Labute approximate surface area is 219 Å². The molecule has 37 heavy (non-hydrogen) atoms. The van der Waals surface area contributed by atoms with Crippen molar-refractivity contribution in [2.75, 3.05) is 5.32 Å². The Balaban J connectivity index is 1.32. The highest BCUT2D eigenvalue weighted by Gasteiger charge is 2.31. The predicted molar refractivity (Wildman–Crippen MR) is 144 cm³/mol. The maximum Gasteiger partial charge on any atom is 0.573 e. The second-order valence-electron chi connectivity index (χ2n) is 7.87. The zero-order valence-electron chi connectivity index (χ0n) is 18.8. The summed E-state index contributed by atoms with van der Waals surface area (Å²) in [6, 6.07) is 22.5. The van der Waals surface area contributed by atoms with Crippen molar-refractivity contribution in [3.8, 4) is 11.4 Å². The maximum absolute atomic E-state index is 12.4. The van der Waals surface area contributed by atoms with E-state index in [1.165, 1.54) is 12.1 Å². The largest absolute Gasteiger partial charge is 0.573 e. The van der Waals surface area contributed by atoms with Crippen molar-refractivity contribution in [3.63, 3.8) is 0 Å². The molecule has 0 unspecified atom stereocenters. The molecule has 0 aliphatic rings. The van der Waals surface area contributed by atoms with Crippen molar-refractivity contribution in [1.29, 1.82) is 0 Å². The summed E-state index contributed by atoms with van der Waals surface area (Å²) in [5, 5.41) is 9.89. The fourth-order valence-corrected chi connectivity index (χ4v) is 4.15. The van der Waals surface area contributed by atoms with Crippen LogP contribution in [0.5, 0.6) is 5.75 Å². The molecule has 6 nitrogen and oxygen atoms in total. The molecular formula is C26H17ClF3N5OS. The van der Waals surface area contributed by atoms with Crippen molar-refractivity contribution in [1.82, 2.24) is 15.0 Å². The fraction of sp³-hybridized carbons (Fsp3) is 0.0385. The summed E-state index contributed by atoms with van der Waals surface area (Å²) >= 11 is 11.4. The predicted octanol–water partition coefficient (Wildman–Crippen LogP) is 7.05. The molecule has 0 radical (unpaired) electrons. The standard InChI is InChI=1S/C26H17ClF3N5OS/c27-21-3-1-2-4-22(21)33-25(37)34-32-14-16-5-11-20-17(13-16)6-12-23-24(20)31-15-35(23)18-7-9-19(10-8-18)36-26(28,29)30/h1-15H,(H2,33,34,37)/b32-14+. The molecule has 4 aromatic carbocycles. The first-order valence-corrected chi connectivity index (χ1v) is 11.7. The first-order chi connectivity index (χ1) is 17.8. The Hall–Kier alpha value is -4.15. The second kappa shape index (κ2) is 10.1. The number of para-hydroxylation sites is 1. The number of fused-ring (bicyclic) bond motifs is 3. The third-order valence-electron chi connectivity index (χ3n) is 5.41. The van der Waals surface area contributed by atoms with Gasteiger partial charge in [0.25, 0.3) is 0 Å². The van der Waals surface area contributed by atoms with Gasteiger partial charge in [-0.05, 0) is 71.7 Å². The van der Waals surface area contributed by atoms with Gasteiger partial charge in [-0.25, -0.2) is 4.98 Å². The van der Waals surface area contributed by atoms with E-state index in [0.717, 1.165) is 27.4 Å². The van der Waals surface area contributed by atoms with E-state index in [-0.39, 0.29) is 5.75 Å². The lowest BCUT2D eigenvalue weighted by molar-refractivity contribution is -0.274. The highest BCUT2D eigenvalue weighted by atomic mass is 35.5. The number of nitrogens with zero attached hydrogens (tertiary/aromatic N) is 3. The average Bonchev–Trinajstić information content (AvgIpc) is 3.29. The lowest BCUT2D eigenvalue weighted by atomic mass is 10.1. The number of rotatable bonds is 5. The van der Waals surface area contributed by atoms with Crippen LogP contribution in [0.4, 0.5) is 18.9 Å². The van der Waals surface area contributed by atoms with Gasteiger partial charge in [-0.15, -0.1) is 13.2 Å². The molecule has 11 heteroatoms. The van der Waals surface area contributed by atoms with Crippen LogP contribution in [0.1, 0.15) is 5.56 Å². The van der Waals surface area contributed by atoms with Crippen LogP contribution in [0.2, 0.25) is 5.02 Å². The van der Waals surface area contributed by atoms with E-state index in [1.807, 2.05) is 48.5 Å². The smallest absolute Gasteiger partial charge is 0.406 e. The van der Waals surface area contributed by atoms with Crippen molar-refractivity contribution < 1.29 is 17.9 Å². The number of anilines is 1. The van der Waals surface area contributed by atoms with Crippen molar-refractivity contribution in [2.24, 2.45) is 5.10 Å². The zero-order valence-corrected chi connectivity index (χ0v) is 20.4. The molecular weight excluding hydrogens is 523 g/mol. The number of hydrogen-bond donors (Lipinski definition) is 2. The first-order valence-electron chi connectivity index (χ1n) is 10.9. The minimum atomic E-state index is -4.74. The van der Waals surface area contributed by atoms with E-state index >= 15 is 0 Å². The summed E-state index contributed by atoms with van der Waals surface area (Å²) in [6.07, 6.45) is -1.45. The molecule has 0 aliphatic carbocycles. The molecule has 0 fully saturated rings. The van der Waals surface area contributed by atoms with E-state index in [9.17, 15) is 13.2 Å². The lowest BCUT2D eigenvalue weighted by Gasteiger charge is -2.10. The van der Waals surface area contributed by atoms with E-state index in [4.69, 9.17) is 23.8 Å². The third-order valence-corrected chi connectivity index (χ3v) is 5.93. The highest BCUT2D eigenvalue weighted by molar-refractivity contribution is 7.80. The zero-order chi connectivity index (χ0) is 26.0. The molecule has 0 amide bonds. The molecule has 1 heterocycles. The molecule has 5 rings (SSSR count). The summed E-state index contributed by atoms with van der Waals surface area (Å²) in [7, 11) is 0. The van der Waals surface area contributed by atoms with Crippen LogP contribution in [0, 0.1) is 0 Å². The number of benzene rings is 4. The van der Waals surface area contributed by atoms with Gasteiger partial charge in [0.1, 0.15) is 12.1 Å². The quantitative estimate of drug-likeness (QED) is 0.142. The lowest BCUT2D eigenvalue weighted by Crippen LogP contribution is -2.23. The molecule has 2 N–H and O–H groups in total. The summed E-state index contributed by atoms with van der Waals surface area (Å²) in [6.45, 7) is 0. The van der Waals surface area contributed by atoms with Crippen molar-refractivity contribution >= 4 is 62.6 Å². The van der Waals surface area contributed by atoms with E-state index in [0.29, 0.717) is 21.5 Å². The number of thiocarbonyl (C=S) groups is 1. The van der Waals surface area contributed by atoms with Gasteiger partial charge < -0.3 is 10.1 Å². The minimum absolute atomic E-state index is 0.282. The number of hydrogen-bond acceptors (Lipinski definition) is 4. The average molecular weight is 540 g/mol. The molecule has 0 atom stereocenters. The molecule has 1 aromatic heterocycles. The summed E-state index contributed by atoms with van der Waals surface area (Å²) in [5.74, 6) is -0.282. The van der Waals surface area contributed by atoms with Gasteiger partial charge >= 0.3 is 6.36 Å². The van der Waals surface area contributed by atoms with Gasteiger partial charge in [0, 0.05) is 11.1 Å². The van der Waals surface area contributed by atoms with Crippen molar-refractivity contribution in [3.05, 3.63) is 95.8 Å². The highest BCUT2D eigenvalue weighted by Crippen LogP contribution is 2.29. The molecule has 0 spiro atoms. The molecule has 5 aromatic rings.